The van der Waals surface area contributed by atoms with Gasteiger partial charge in [0.15, 0.2) is 6.67 Å². The number of hydrogen-bond acceptors (Lipinski definition) is 1. The van der Waals surface area contributed by atoms with Crippen LogP contribution in [0.25, 0.3) is 0 Å². The van der Waals surface area contributed by atoms with Gasteiger partial charge >= 0.3 is 0 Å². The number of rotatable bonds is 6. The van der Waals surface area contributed by atoms with E-state index in [1.807, 2.05) is 0 Å². The maximum absolute atomic E-state index is 11.0. The summed E-state index contributed by atoms with van der Waals surface area (Å²) in [6.07, 6.45) is 1.32. The van der Waals surface area contributed by atoms with Gasteiger partial charge in [-0.15, -0.1) is 0 Å². The maximum Gasteiger partial charge on any atom is 0.247 e. The van der Waals surface area contributed by atoms with E-state index in [9.17, 15) is 4.79 Å². The Morgan fingerprint density at radius 2 is 1.77 bits per heavy atom. The molecule has 1 amide bonds. The molecule has 0 saturated heterocycles. The highest BCUT2D eigenvalue weighted by Gasteiger charge is 2.20. The first-order valence-corrected chi connectivity index (χ1v) is 4.89. The molecule has 1 N–H and O–H groups in total. The van der Waals surface area contributed by atoms with Gasteiger partial charge < -0.3 is 9.80 Å². The van der Waals surface area contributed by atoms with Gasteiger partial charge in [0.2, 0.25) is 5.91 Å². The SMILES string of the molecule is C=CC(=O)NC[N+](CC)(CC)CC. The van der Waals surface area contributed by atoms with Crippen LogP contribution < -0.4 is 5.32 Å². The van der Waals surface area contributed by atoms with Crippen molar-refractivity contribution in [3.8, 4) is 0 Å². The van der Waals surface area contributed by atoms with Gasteiger partial charge in [-0.2, -0.15) is 0 Å². The van der Waals surface area contributed by atoms with Gasteiger partial charge in [0.05, 0.1) is 19.6 Å². The highest BCUT2D eigenvalue weighted by molar-refractivity contribution is 5.86. The van der Waals surface area contributed by atoms with Gasteiger partial charge in [-0.1, -0.05) is 6.58 Å². The van der Waals surface area contributed by atoms with Crippen LogP contribution in [0.4, 0.5) is 0 Å². The van der Waals surface area contributed by atoms with E-state index in [-0.39, 0.29) is 5.91 Å². The third kappa shape index (κ3) is 3.59. The number of hydrogen-bond donors (Lipinski definition) is 1. The van der Waals surface area contributed by atoms with Crippen molar-refractivity contribution < 1.29 is 9.28 Å². The van der Waals surface area contributed by atoms with E-state index in [0.717, 1.165) is 24.1 Å². The molecular formula is C10H21N2O+. The summed E-state index contributed by atoms with van der Waals surface area (Å²) >= 11 is 0. The predicted molar refractivity (Wildman–Crippen MR) is 55.1 cm³/mol. The molecule has 0 unspecified atom stereocenters. The lowest BCUT2D eigenvalue weighted by atomic mass is 10.4. The zero-order valence-electron chi connectivity index (χ0n) is 8.97. The Balaban J connectivity index is 4.09. The molecule has 0 aliphatic carbocycles. The fraction of sp³-hybridized carbons (Fsp3) is 0.700. The minimum atomic E-state index is -0.0853. The average molecular weight is 185 g/mol. The summed E-state index contributed by atoms with van der Waals surface area (Å²) in [5.74, 6) is -0.0853. The van der Waals surface area contributed by atoms with Crippen molar-refractivity contribution in [2.24, 2.45) is 0 Å². The number of nitrogens with zero attached hydrogens (tertiary/aromatic N) is 1. The Morgan fingerprint density at radius 3 is 2.08 bits per heavy atom. The van der Waals surface area contributed by atoms with E-state index in [1.54, 1.807) is 0 Å². The number of carbonyl (C=O) groups is 1. The molecule has 0 aromatic carbocycles. The van der Waals surface area contributed by atoms with Gasteiger partial charge in [-0.05, 0) is 26.8 Å². The molecule has 0 aromatic rings. The Kier molecular flexibility index (Phi) is 5.39. The minimum Gasteiger partial charge on any atom is -0.307 e. The normalized spacial score (nSPS) is 11.0. The van der Waals surface area contributed by atoms with Crippen LogP contribution in [-0.2, 0) is 4.79 Å². The lowest BCUT2D eigenvalue weighted by Crippen LogP contribution is -2.53. The molecule has 0 spiro atoms. The van der Waals surface area contributed by atoms with Crippen molar-refractivity contribution in [3.63, 3.8) is 0 Å². The van der Waals surface area contributed by atoms with Gasteiger partial charge in [0.1, 0.15) is 0 Å². The second kappa shape index (κ2) is 5.75. The third-order valence-electron chi connectivity index (χ3n) is 2.79. The van der Waals surface area contributed by atoms with E-state index < -0.39 is 0 Å². The molecule has 0 aliphatic rings. The molecule has 0 aliphatic heterocycles. The van der Waals surface area contributed by atoms with Crippen molar-refractivity contribution in [2.75, 3.05) is 26.3 Å². The zero-order valence-corrected chi connectivity index (χ0v) is 8.97. The summed E-state index contributed by atoms with van der Waals surface area (Å²) in [5.41, 5.74) is 0. The van der Waals surface area contributed by atoms with Crippen LogP contribution in [0.15, 0.2) is 12.7 Å². The van der Waals surface area contributed by atoms with Crippen LogP contribution >= 0.6 is 0 Å². The van der Waals surface area contributed by atoms with Gasteiger partial charge in [0, 0.05) is 0 Å². The molecule has 0 bridgehead atoms. The first-order valence-electron chi connectivity index (χ1n) is 4.89. The smallest absolute Gasteiger partial charge is 0.247 e. The van der Waals surface area contributed by atoms with Crippen LogP contribution in [0.3, 0.4) is 0 Å². The summed E-state index contributed by atoms with van der Waals surface area (Å²) in [6.45, 7) is 13.7. The molecule has 3 heteroatoms. The number of carbonyl (C=O) groups excluding carboxylic acids is 1. The molecule has 0 heterocycles. The summed E-state index contributed by atoms with van der Waals surface area (Å²) in [6, 6.07) is 0. The Morgan fingerprint density at radius 1 is 1.31 bits per heavy atom. The van der Waals surface area contributed by atoms with E-state index in [4.69, 9.17) is 0 Å². The highest BCUT2D eigenvalue weighted by atomic mass is 16.1. The van der Waals surface area contributed by atoms with Gasteiger partial charge in [-0.3, -0.25) is 4.79 Å². The van der Waals surface area contributed by atoms with Crippen LogP contribution in [0.1, 0.15) is 20.8 Å². The van der Waals surface area contributed by atoms with E-state index in [2.05, 4.69) is 32.7 Å². The first-order chi connectivity index (χ1) is 6.14. The Bertz CT molecular complexity index is 165. The molecule has 0 rings (SSSR count). The number of quaternary nitrogens is 1. The van der Waals surface area contributed by atoms with Crippen LogP contribution in [-0.4, -0.2) is 36.7 Å². The average Bonchev–Trinajstić information content (AvgIpc) is 2.20. The summed E-state index contributed by atoms with van der Waals surface area (Å²) in [7, 11) is 0. The van der Waals surface area contributed by atoms with E-state index in [0.29, 0.717) is 6.67 Å². The van der Waals surface area contributed by atoms with Crippen LogP contribution in [0.2, 0.25) is 0 Å². The van der Waals surface area contributed by atoms with E-state index >= 15 is 0 Å². The fourth-order valence-electron chi connectivity index (χ4n) is 1.32. The summed E-state index contributed by atoms with van der Waals surface area (Å²) < 4.78 is 0.930. The van der Waals surface area contributed by atoms with Crippen molar-refractivity contribution in [1.82, 2.24) is 5.32 Å². The molecule has 13 heavy (non-hydrogen) atoms. The second-order valence-corrected chi connectivity index (χ2v) is 3.19. The third-order valence-corrected chi connectivity index (χ3v) is 2.79. The van der Waals surface area contributed by atoms with Crippen molar-refractivity contribution in [3.05, 3.63) is 12.7 Å². The van der Waals surface area contributed by atoms with Crippen LogP contribution in [0, 0.1) is 0 Å². The van der Waals surface area contributed by atoms with Crippen molar-refractivity contribution in [2.45, 2.75) is 20.8 Å². The number of nitrogens with one attached hydrogen (secondary N) is 1. The topological polar surface area (TPSA) is 29.1 Å². The lowest BCUT2D eigenvalue weighted by molar-refractivity contribution is -0.924. The summed E-state index contributed by atoms with van der Waals surface area (Å²) in [4.78, 5) is 11.0. The Labute approximate surface area is 81.0 Å². The monoisotopic (exact) mass is 185 g/mol. The highest BCUT2D eigenvalue weighted by Crippen LogP contribution is 2.02. The molecule has 0 saturated carbocycles. The molecule has 0 atom stereocenters. The zero-order chi connectivity index (χ0) is 10.3. The standard InChI is InChI=1S/C10H20N2O/c1-5-10(13)11-9-12(6-2,7-3)8-4/h5H,1,6-9H2,2-4H3/p+1. The first kappa shape index (κ1) is 12.2. The molecule has 0 fully saturated rings. The molecule has 0 aromatic heterocycles. The quantitative estimate of drug-likeness (QED) is 0.375. The molecular weight excluding hydrogens is 164 g/mol. The van der Waals surface area contributed by atoms with Gasteiger partial charge in [-0.25, -0.2) is 0 Å². The van der Waals surface area contributed by atoms with Crippen molar-refractivity contribution in [1.29, 1.82) is 0 Å². The fourth-order valence-corrected chi connectivity index (χ4v) is 1.32. The minimum absolute atomic E-state index is 0.0853. The maximum atomic E-state index is 11.0. The lowest BCUT2D eigenvalue weighted by Gasteiger charge is -2.35. The molecule has 0 radical (unpaired) electrons. The summed E-state index contributed by atoms with van der Waals surface area (Å²) in [5, 5.41) is 2.84. The molecule has 76 valence electrons. The second-order valence-electron chi connectivity index (χ2n) is 3.19. The van der Waals surface area contributed by atoms with E-state index in [1.165, 1.54) is 6.08 Å². The largest absolute Gasteiger partial charge is 0.307 e. The van der Waals surface area contributed by atoms with Gasteiger partial charge in [0.25, 0.3) is 0 Å². The van der Waals surface area contributed by atoms with Crippen molar-refractivity contribution >= 4 is 5.91 Å². The number of amides is 1. The van der Waals surface area contributed by atoms with Crippen LogP contribution in [0.5, 0.6) is 0 Å². The predicted octanol–water partition coefficient (Wildman–Crippen LogP) is 1.12. The Hall–Kier alpha value is -0.830. The molecule has 3 nitrogen and oxygen atoms in total.